The van der Waals surface area contributed by atoms with E-state index in [-0.39, 0.29) is 29.1 Å². The first kappa shape index (κ1) is 31.4. The second-order valence-electron chi connectivity index (χ2n) is 15.5. The van der Waals surface area contributed by atoms with Crippen molar-refractivity contribution in [3.05, 3.63) is 11.8 Å². The quantitative estimate of drug-likeness (QED) is 0.157. The van der Waals surface area contributed by atoms with Crippen LogP contribution < -0.4 is 0 Å². The fourth-order valence-electron chi connectivity index (χ4n) is 7.62. The number of allylic oxidation sites excluding steroid dienone is 2. The molecule has 1 N–H and O–H groups in total. The number of aliphatic hydroxyl groups excluding tert-OH is 1. The van der Waals surface area contributed by atoms with E-state index < -0.39 is 23.7 Å². The Balaban J connectivity index is 2.09. The van der Waals surface area contributed by atoms with Crippen molar-refractivity contribution >= 4 is 18.1 Å². The Labute approximate surface area is 232 Å². The summed E-state index contributed by atoms with van der Waals surface area (Å²) >= 11 is 0. The summed E-state index contributed by atoms with van der Waals surface area (Å²) < 4.78 is 20.3. The van der Waals surface area contributed by atoms with E-state index in [1.54, 1.807) is 0 Å². The summed E-state index contributed by atoms with van der Waals surface area (Å²) in [5, 5.41) is 10.4. The highest BCUT2D eigenvalue weighted by atomic mass is 28.3. The maximum Gasteiger partial charge on any atom is 0.229 e. The van der Waals surface area contributed by atoms with Crippen LogP contribution in [0.15, 0.2) is 11.8 Å². The second-order valence-corrected chi connectivity index (χ2v) is 20.2. The minimum atomic E-state index is -1.33. The van der Waals surface area contributed by atoms with E-state index in [1.807, 2.05) is 0 Å². The third-order valence-electron chi connectivity index (χ3n) is 9.54. The number of fused-ring (bicyclic) bond motifs is 3. The van der Waals surface area contributed by atoms with Gasteiger partial charge in [0.15, 0.2) is 9.04 Å². The van der Waals surface area contributed by atoms with E-state index in [0.29, 0.717) is 29.6 Å². The number of ether oxygens (including phenoxy) is 1. The van der Waals surface area contributed by atoms with Gasteiger partial charge in [0, 0.05) is 11.8 Å². The molecule has 1 aliphatic heterocycles. The molecule has 0 radical (unpaired) electrons. The van der Waals surface area contributed by atoms with Crippen LogP contribution in [0.5, 0.6) is 0 Å². The zero-order valence-corrected chi connectivity index (χ0v) is 28.6. The van der Waals surface area contributed by atoms with Gasteiger partial charge in [-0.1, -0.05) is 74.7 Å². The van der Waals surface area contributed by atoms with Crippen LogP contribution in [0.4, 0.5) is 0 Å². The van der Waals surface area contributed by atoms with Gasteiger partial charge in [0.2, 0.25) is 9.04 Å². The lowest BCUT2D eigenvalue weighted by Crippen LogP contribution is -2.44. The molecule has 1 heterocycles. The molecular formula is C31H60O4Si2. The second kappa shape index (κ2) is 11.4. The molecule has 37 heavy (non-hydrogen) atoms. The van der Waals surface area contributed by atoms with E-state index in [9.17, 15) is 5.11 Å². The summed E-state index contributed by atoms with van der Waals surface area (Å²) in [7, 11) is -2.66. The monoisotopic (exact) mass is 552 g/mol. The average Bonchev–Trinajstić information content (AvgIpc) is 3.30. The Morgan fingerprint density at radius 3 is 2.22 bits per heavy atom. The van der Waals surface area contributed by atoms with Crippen LogP contribution in [0, 0.1) is 40.4 Å². The molecule has 1 saturated heterocycles. The van der Waals surface area contributed by atoms with Gasteiger partial charge < -0.3 is 18.7 Å². The Kier molecular flexibility index (Phi) is 9.66. The number of rotatable bonds is 12. The minimum absolute atomic E-state index is 0.0322. The molecule has 0 amide bonds. The molecule has 3 fully saturated rings. The number of unbranched alkanes of at least 4 members (excludes halogenated alkanes) is 1. The molecule has 2 aliphatic carbocycles. The predicted octanol–water partition coefficient (Wildman–Crippen LogP) is 7.32. The normalized spacial score (nSPS) is 35.6. The van der Waals surface area contributed by atoms with Gasteiger partial charge in [0.1, 0.15) is 11.7 Å². The van der Waals surface area contributed by atoms with Crippen molar-refractivity contribution in [2.45, 2.75) is 137 Å². The summed E-state index contributed by atoms with van der Waals surface area (Å²) in [5.74, 6) is 3.55. The van der Waals surface area contributed by atoms with Crippen molar-refractivity contribution in [2.75, 3.05) is 6.61 Å². The zero-order chi connectivity index (χ0) is 28.0. The summed E-state index contributed by atoms with van der Waals surface area (Å²) in [6, 6.07) is 0. The summed E-state index contributed by atoms with van der Waals surface area (Å²) in [6.07, 6.45) is 9.60. The first-order valence-corrected chi connectivity index (χ1v) is 20.9. The van der Waals surface area contributed by atoms with Gasteiger partial charge in [0.05, 0.1) is 18.0 Å². The molecule has 216 valence electrons. The molecule has 0 aromatic rings. The Bertz CT molecular complexity index is 798. The third-order valence-corrected chi connectivity index (χ3v) is 11.2. The van der Waals surface area contributed by atoms with Crippen LogP contribution in [0.1, 0.15) is 93.9 Å². The predicted molar refractivity (Wildman–Crippen MR) is 161 cm³/mol. The molecule has 2 unspecified atom stereocenters. The fourth-order valence-corrected chi connectivity index (χ4v) is 9.67. The van der Waals surface area contributed by atoms with Crippen molar-refractivity contribution in [2.24, 2.45) is 40.4 Å². The van der Waals surface area contributed by atoms with Crippen LogP contribution in [-0.4, -0.2) is 47.1 Å². The number of epoxide rings is 1. The average molecular weight is 553 g/mol. The van der Waals surface area contributed by atoms with Crippen molar-refractivity contribution in [1.82, 2.24) is 0 Å². The first-order valence-electron chi connectivity index (χ1n) is 15.4. The van der Waals surface area contributed by atoms with Crippen LogP contribution in [0.2, 0.25) is 26.2 Å². The van der Waals surface area contributed by atoms with Gasteiger partial charge in [-0.05, 0) is 80.1 Å². The molecule has 8 atom stereocenters. The van der Waals surface area contributed by atoms with E-state index >= 15 is 0 Å². The van der Waals surface area contributed by atoms with Gasteiger partial charge in [0.25, 0.3) is 0 Å². The lowest BCUT2D eigenvalue weighted by Gasteiger charge is -2.39. The van der Waals surface area contributed by atoms with Crippen molar-refractivity contribution in [3.8, 4) is 0 Å². The SMILES string of the molecule is CCCC[C@@H](C)C[C@@H](C=C(O[SiH](C)C)[C@H]1[C@H](C(C)(C)C)C[C@@]2(O[SiH](C)C)C3OC3(CO)C[C@@H]12)C(C)(C)C. The summed E-state index contributed by atoms with van der Waals surface area (Å²) in [6.45, 7) is 28.4. The molecule has 0 spiro atoms. The maximum atomic E-state index is 10.4. The molecule has 2 saturated carbocycles. The van der Waals surface area contributed by atoms with Crippen molar-refractivity contribution in [1.29, 1.82) is 0 Å². The van der Waals surface area contributed by atoms with Crippen LogP contribution in [0.25, 0.3) is 0 Å². The topological polar surface area (TPSA) is 51.2 Å². The van der Waals surface area contributed by atoms with Gasteiger partial charge >= 0.3 is 0 Å². The van der Waals surface area contributed by atoms with E-state index in [4.69, 9.17) is 13.6 Å². The number of aliphatic hydroxyl groups is 1. The number of hydrogen-bond acceptors (Lipinski definition) is 4. The highest BCUT2D eigenvalue weighted by Crippen LogP contribution is 2.70. The van der Waals surface area contributed by atoms with E-state index in [0.717, 1.165) is 12.8 Å². The van der Waals surface area contributed by atoms with E-state index in [1.165, 1.54) is 31.4 Å². The Morgan fingerprint density at radius 1 is 1.08 bits per heavy atom. The zero-order valence-electron chi connectivity index (χ0n) is 26.3. The first-order chi connectivity index (χ1) is 17.0. The highest BCUT2D eigenvalue weighted by molar-refractivity contribution is 6.49. The highest BCUT2D eigenvalue weighted by Gasteiger charge is 2.79. The fraction of sp³-hybridized carbons (Fsp3) is 0.935. The number of hydrogen-bond donors (Lipinski definition) is 1. The van der Waals surface area contributed by atoms with Crippen molar-refractivity contribution < 1.29 is 18.7 Å². The molecule has 0 bridgehead atoms. The lowest BCUT2D eigenvalue weighted by atomic mass is 9.69. The molecule has 4 nitrogen and oxygen atoms in total. The summed E-state index contributed by atoms with van der Waals surface area (Å²) in [5.41, 5.74) is -0.367. The molecule has 3 aliphatic rings. The smallest absolute Gasteiger partial charge is 0.229 e. The standard InChI is InChI=1S/C31H60O4Si2/c1-13-14-15-21(2)16-22(28(3,4)5)17-25(34-36(9)10)26-23(29(6,7)8)19-31(35-37(11)12)24(26)18-30(20-32)27(31)33-30/h17,21-24,26-27,32,36-37H,13-16,18-20H2,1-12H3/t21-,22+,23-,24+,26+,27?,30?,31+/m1/s1. The molecule has 6 heteroatoms. The van der Waals surface area contributed by atoms with Crippen LogP contribution >= 0.6 is 0 Å². The van der Waals surface area contributed by atoms with Crippen LogP contribution in [-0.2, 0) is 13.6 Å². The lowest BCUT2D eigenvalue weighted by molar-refractivity contribution is -0.0171. The largest absolute Gasteiger partial charge is 0.550 e. The molecule has 0 aromatic carbocycles. The Morgan fingerprint density at radius 2 is 1.73 bits per heavy atom. The molecule has 3 rings (SSSR count). The minimum Gasteiger partial charge on any atom is -0.550 e. The van der Waals surface area contributed by atoms with Gasteiger partial charge in [-0.3, -0.25) is 0 Å². The third kappa shape index (κ3) is 6.61. The van der Waals surface area contributed by atoms with Gasteiger partial charge in [-0.25, -0.2) is 0 Å². The van der Waals surface area contributed by atoms with Gasteiger partial charge in [-0.2, -0.15) is 0 Å². The Hall–Kier alpha value is -0.146. The summed E-state index contributed by atoms with van der Waals surface area (Å²) in [4.78, 5) is 0. The molecule has 0 aromatic heterocycles. The van der Waals surface area contributed by atoms with Crippen molar-refractivity contribution in [3.63, 3.8) is 0 Å². The maximum absolute atomic E-state index is 10.4. The van der Waals surface area contributed by atoms with Gasteiger partial charge in [-0.15, -0.1) is 0 Å². The van der Waals surface area contributed by atoms with Crippen LogP contribution in [0.3, 0.4) is 0 Å². The van der Waals surface area contributed by atoms with E-state index in [2.05, 4.69) is 87.7 Å². The molecular weight excluding hydrogens is 493 g/mol.